The highest BCUT2D eigenvalue weighted by Crippen LogP contribution is 2.44. The van der Waals surface area contributed by atoms with Crippen molar-refractivity contribution in [2.24, 2.45) is 0 Å². The van der Waals surface area contributed by atoms with E-state index < -0.39 is 23.8 Å². The number of alkyl carbamates (subject to hydrolysis) is 1. The lowest BCUT2D eigenvalue weighted by Gasteiger charge is -2.14. The molecule has 4 aromatic rings. The van der Waals surface area contributed by atoms with Crippen molar-refractivity contribution in [1.82, 2.24) is 5.32 Å². The van der Waals surface area contributed by atoms with Gasteiger partial charge in [-0.05, 0) is 52.6 Å². The van der Waals surface area contributed by atoms with Gasteiger partial charge in [0, 0.05) is 18.2 Å². The molecule has 14 nitrogen and oxygen atoms in total. The Morgan fingerprint density at radius 3 is 1.47 bits per heavy atom. The van der Waals surface area contributed by atoms with Crippen LogP contribution in [0.25, 0.3) is 11.1 Å². The number of benzene rings is 4. The molecule has 17 heteroatoms. The maximum atomic E-state index is 13.1. The SMILES string of the molecule is O=C(NCCOCCOCCOCCOCCOCCOCCOCCOCCOC(=O)c1ccccc1Nc1cccc(C(F)(F)F)c1)OCC1c2ccccc2-c2ccccc21. The van der Waals surface area contributed by atoms with Crippen molar-refractivity contribution < 1.29 is 70.1 Å². The number of hydrogen-bond donors (Lipinski definition) is 2. The quantitative estimate of drug-likeness (QED) is 0.0374. The van der Waals surface area contributed by atoms with E-state index in [2.05, 4.69) is 34.9 Å². The number of fused-ring (bicyclic) bond motifs is 3. The van der Waals surface area contributed by atoms with Crippen molar-refractivity contribution in [2.45, 2.75) is 12.1 Å². The van der Waals surface area contributed by atoms with E-state index in [4.69, 9.17) is 47.4 Å². The average Bonchev–Trinajstić information content (AvgIpc) is 3.62. The summed E-state index contributed by atoms with van der Waals surface area (Å²) in [7, 11) is 0. The molecule has 4 aromatic carbocycles. The number of amides is 1. The van der Waals surface area contributed by atoms with Crippen LogP contribution in [0.15, 0.2) is 97.1 Å². The molecule has 0 aromatic heterocycles. The minimum absolute atomic E-state index is 0.00988. The topological polar surface area (TPSA) is 151 Å². The van der Waals surface area contributed by atoms with Crippen molar-refractivity contribution in [3.63, 3.8) is 0 Å². The van der Waals surface area contributed by atoms with Gasteiger partial charge in [0.2, 0.25) is 0 Å². The fourth-order valence-corrected chi connectivity index (χ4v) is 6.49. The van der Waals surface area contributed by atoms with Gasteiger partial charge in [-0.15, -0.1) is 0 Å². The monoisotopic (exact) mass is 898 g/mol. The Balaban J connectivity index is 0.721. The molecular weight excluding hydrogens is 842 g/mol. The number of carbonyl (C=O) groups is 2. The molecule has 0 fully saturated rings. The Labute approximate surface area is 371 Å². The fourth-order valence-electron chi connectivity index (χ4n) is 6.49. The number of rotatable bonds is 32. The van der Waals surface area contributed by atoms with Crippen molar-refractivity contribution >= 4 is 23.4 Å². The molecule has 1 amide bonds. The number of halogens is 3. The molecular formula is C47H57F3N2O12. The largest absolute Gasteiger partial charge is 0.460 e. The summed E-state index contributed by atoms with van der Waals surface area (Å²) in [5, 5.41) is 5.59. The predicted molar refractivity (Wildman–Crippen MR) is 231 cm³/mol. The van der Waals surface area contributed by atoms with Crippen molar-refractivity contribution in [1.29, 1.82) is 0 Å². The van der Waals surface area contributed by atoms with E-state index in [1.807, 2.05) is 24.3 Å². The molecule has 0 radical (unpaired) electrons. The Kier molecular flexibility index (Phi) is 22.3. The highest BCUT2D eigenvalue weighted by molar-refractivity contribution is 5.96. The van der Waals surface area contributed by atoms with Gasteiger partial charge >= 0.3 is 18.2 Å². The summed E-state index contributed by atoms with van der Waals surface area (Å²) in [4.78, 5) is 24.9. The average molecular weight is 899 g/mol. The Bertz CT molecular complexity index is 1920. The molecule has 1 aliphatic carbocycles. The predicted octanol–water partition coefficient (Wildman–Crippen LogP) is 7.28. The molecule has 64 heavy (non-hydrogen) atoms. The molecule has 0 atom stereocenters. The molecule has 5 rings (SSSR count). The van der Waals surface area contributed by atoms with Crippen molar-refractivity contribution in [3.05, 3.63) is 119 Å². The first kappa shape index (κ1) is 49.9. The summed E-state index contributed by atoms with van der Waals surface area (Å²) in [6.45, 7) is 6.72. The number of carbonyl (C=O) groups excluding carboxylic acids is 2. The van der Waals surface area contributed by atoms with Crippen LogP contribution >= 0.6 is 0 Å². The van der Waals surface area contributed by atoms with E-state index in [0.29, 0.717) is 111 Å². The third-order valence-electron chi connectivity index (χ3n) is 9.54. The second-order valence-electron chi connectivity index (χ2n) is 14.0. The van der Waals surface area contributed by atoms with Crippen LogP contribution in [0.5, 0.6) is 0 Å². The van der Waals surface area contributed by atoms with E-state index in [-0.39, 0.29) is 37.0 Å². The summed E-state index contributed by atoms with van der Waals surface area (Å²) < 4.78 is 94.0. The van der Waals surface area contributed by atoms with Crippen LogP contribution in [-0.2, 0) is 53.5 Å². The van der Waals surface area contributed by atoms with E-state index in [1.54, 1.807) is 18.2 Å². The minimum Gasteiger partial charge on any atom is -0.460 e. The third-order valence-corrected chi connectivity index (χ3v) is 9.54. The smallest absolute Gasteiger partial charge is 0.416 e. The van der Waals surface area contributed by atoms with Crippen LogP contribution in [-0.4, -0.2) is 138 Å². The van der Waals surface area contributed by atoms with Crippen LogP contribution in [0.4, 0.5) is 29.3 Å². The normalized spacial score (nSPS) is 12.2. The zero-order chi connectivity index (χ0) is 45.1. The van der Waals surface area contributed by atoms with E-state index in [0.717, 1.165) is 12.1 Å². The first-order valence-electron chi connectivity index (χ1n) is 21.2. The second kappa shape index (κ2) is 28.6. The number of nitrogens with one attached hydrogen (secondary N) is 2. The van der Waals surface area contributed by atoms with Gasteiger partial charge in [0.1, 0.15) is 13.2 Å². The third kappa shape index (κ3) is 17.8. The Morgan fingerprint density at radius 2 is 0.953 bits per heavy atom. The fraction of sp³-hybridized carbons (Fsp3) is 0.447. The summed E-state index contributed by atoms with van der Waals surface area (Å²) in [6.07, 6.45) is -4.95. The molecule has 0 spiro atoms. The molecule has 0 aliphatic heterocycles. The number of para-hydroxylation sites is 1. The van der Waals surface area contributed by atoms with Crippen molar-refractivity contribution in [2.75, 3.05) is 131 Å². The van der Waals surface area contributed by atoms with Crippen LogP contribution < -0.4 is 10.6 Å². The van der Waals surface area contributed by atoms with Gasteiger partial charge in [-0.2, -0.15) is 13.2 Å². The lowest BCUT2D eigenvalue weighted by Crippen LogP contribution is -2.29. The van der Waals surface area contributed by atoms with Gasteiger partial charge in [-0.25, -0.2) is 9.59 Å². The number of esters is 1. The highest BCUT2D eigenvalue weighted by atomic mass is 19.4. The van der Waals surface area contributed by atoms with Crippen molar-refractivity contribution in [3.8, 4) is 11.1 Å². The van der Waals surface area contributed by atoms with Gasteiger partial charge in [0.15, 0.2) is 0 Å². The standard InChI is InChI=1S/C47H57F3N2O12/c48-47(49,50)36-8-7-9-37(34-36)52-44-15-6-5-14-42(44)45(53)63-33-32-62-31-30-61-29-28-60-27-26-59-25-24-58-23-22-57-21-20-56-19-18-55-17-16-51-46(54)64-35-43-40-12-3-1-10-38(40)39-11-2-4-13-41(39)43/h1-15,34,43,52H,16-33,35H2,(H,51,54). The maximum absolute atomic E-state index is 13.1. The summed E-state index contributed by atoms with van der Waals surface area (Å²) in [5.74, 6) is -0.615. The van der Waals surface area contributed by atoms with Gasteiger partial charge in [-0.1, -0.05) is 66.7 Å². The van der Waals surface area contributed by atoms with Gasteiger partial charge in [0.05, 0.1) is 123 Å². The second-order valence-corrected chi connectivity index (χ2v) is 14.0. The van der Waals surface area contributed by atoms with E-state index >= 15 is 0 Å². The minimum atomic E-state index is -4.48. The molecule has 0 bridgehead atoms. The van der Waals surface area contributed by atoms with Crippen LogP contribution in [0, 0.1) is 0 Å². The Hall–Kier alpha value is -5.11. The van der Waals surface area contributed by atoms with E-state index in [9.17, 15) is 22.8 Å². The zero-order valence-electron chi connectivity index (χ0n) is 35.8. The molecule has 0 unspecified atom stereocenters. The van der Waals surface area contributed by atoms with Gasteiger partial charge in [-0.3, -0.25) is 0 Å². The lowest BCUT2D eigenvalue weighted by molar-refractivity contribution is -0.137. The summed E-state index contributed by atoms with van der Waals surface area (Å²) in [5.41, 5.74) is 4.61. The maximum Gasteiger partial charge on any atom is 0.416 e. The number of anilines is 2. The number of alkyl halides is 3. The molecule has 0 heterocycles. The number of hydrogen-bond acceptors (Lipinski definition) is 13. The zero-order valence-corrected chi connectivity index (χ0v) is 35.8. The van der Waals surface area contributed by atoms with Crippen LogP contribution in [0.2, 0.25) is 0 Å². The highest BCUT2D eigenvalue weighted by Gasteiger charge is 2.31. The van der Waals surface area contributed by atoms with Crippen LogP contribution in [0.1, 0.15) is 33.0 Å². The first-order chi connectivity index (χ1) is 31.3. The van der Waals surface area contributed by atoms with Gasteiger partial charge < -0.3 is 58.0 Å². The molecule has 2 N–H and O–H groups in total. The summed E-state index contributed by atoms with van der Waals surface area (Å²) in [6, 6.07) is 27.5. The first-order valence-corrected chi connectivity index (χ1v) is 21.2. The van der Waals surface area contributed by atoms with Crippen LogP contribution in [0.3, 0.4) is 0 Å². The number of ether oxygens (including phenoxy) is 10. The molecule has 1 aliphatic rings. The summed E-state index contributed by atoms with van der Waals surface area (Å²) >= 11 is 0. The lowest BCUT2D eigenvalue weighted by atomic mass is 9.98. The van der Waals surface area contributed by atoms with Gasteiger partial charge in [0.25, 0.3) is 0 Å². The van der Waals surface area contributed by atoms with E-state index in [1.165, 1.54) is 40.5 Å². The Morgan fingerprint density at radius 1 is 0.500 bits per heavy atom. The molecule has 0 saturated heterocycles. The molecule has 348 valence electrons. The molecule has 0 saturated carbocycles.